The Balaban J connectivity index is 1.78. The van der Waals surface area contributed by atoms with E-state index in [1.807, 2.05) is 6.92 Å². The van der Waals surface area contributed by atoms with Crippen molar-refractivity contribution in [2.45, 2.75) is 65.8 Å². The van der Waals surface area contributed by atoms with Crippen molar-refractivity contribution >= 4 is 5.97 Å². The lowest BCUT2D eigenvalue weighted by atomic mass is 9.68. The van der Waals surface area contributed by atoms with E-state index in [1.54, 1.807) is 0 Å². The number of hydrogen-bond donors (Lipinski definition) is 1. The zero-order valence-corrected chi connectivity index (χ0v) is 12.9. The normalized spacial score (nSPS) is 35.6. The molecule has 0 aromatic rings. The molecule has 3 unspecified atom stereocenters. The molecule has 2 aliphatic rings. The molecule has 2 aliphatic carbocycles. The smallest absolute Gasteiger partial charge is 0.305 e. The van der Waals surface area contributed by atoms with Crippen molar-refractivity contribution in [1.29, 1.82) is 0 Å². The van der Waals surface area contributed by atoms with E-state index in [0.29, 0.717) is 29.9 Å². The van der Waals surface area contributed by atoms with Gasteiger partial charge in [-0.2, -0.15) is 0 Å². The first-order chi connectivity index (χ1) is 8.90. The van der Waals surface area contributed by atoms with Crippen LogP contribution in [0.3, 0.4) is 0 Å². The van der Waals surface area contributed by atoms with E-state index in [1.165, 1.54) is 19.3 Å². The molecule has 19 heavy (non-hydrogen) atoms. The maximum Gasteiger partial charge on any atom is 0.305 e. The molecule has 110 valence electrons. The molecule has 2 saturated carbocycles. The summed E-state index contributed by atoms with van der Waals surface area (Å²) >= 11 is 0. The minimum absolute atomic E-state index is 0.0669. The quantitative estimate of drug-likeness (QED) is 0.593. The van der Waals surface area contributed by atoms with Crippen LogP contribution in [0.25, 0.3) is 0 Å². The molecule has 3 atom stereocenters. The van der Waals surface area contributed by atoms with Crippen molar-refractivity contribution in [2.24, 2.45) is 16.7 Å². The number of nitrogens with one attached hydrogen (secondary N) is 1. The molecule has 0 amide bonds. The van der Waals surface area contributed by atoms with Gasteiger partial charge < -0.3 is 10.1 Å². The molecule has 1 N–H and O–H groups in total. The standard InChI is InChI=1S/C16H29NO2/c1-5-19-13(18)7-6-10-17-14-15(2,3)12-8-9-16(14,4)11-12/h12,14,17H,5-11H2,1-4H3. The highest BCUT2D eigenvalue weighted by molar-refractivity contribution is 5.69. The van der Waals surface area contributed by atoms with Crippen LogP contribution in [-0.2, 0) is 9.53 Å². The summed E-state index contributed by atoms with van der Waals surface area (Å²) in [6.45, 7) is 10.5. The molecular weight excluding hydrogens is 238 g/mol. The van der Waals surface area contributed by atoms with Crippen molar-refractivity contribution in [3.8, 4) is 0 Å². The van der Waals surface area contributed by atoms with Gasteiger partial charge in [0.25, 0.3) is 0 Å². The van der Waals surface area contributed by atoms with Gasteiger partial charge in [0.05, 0.1) is 6.61 Å². The van der Waals surface area contributed by atoms with Crippen LogP contribution in [0.1, 0.15) is 59.8 Å². The maximum atomic E-state index is 11.3. The SMILES string of the molecule is CCOC(=O)CCCNC1C2(C)CCC(C2)C1(C)C. The van der Waals surface area contributed by atoms with Gasteiger partial charge in [-0.1, -0.05) is 20.8 Å². The van der Waals surface area contributed by atoms with Crippen LogP contribution >= 0.6 is 0 Å². The Morgan fingerprint density at radius 3 is 2.68 bits per heavy atom. The summed E-state index contributed by atoms with van der Waals surface area (Å²) < 4.78 is 4.96. The lowest BCUT2D eigenvalue weighted by molar-refractivity contribution is -0.143. The first-order valence-electron chi connectivity index (χ1n) is 7.79. The van der Waals surface area contributed by atoms with Gasteiger partial charge in [-0.05, 0) is 55.9 Å². The average molecular weight is 267 g/mol. The first kappa shape index (κ1) is 14.8. The number of carbonyl (C=O) groups is 1. The Hall–Kier alpha value is -0.570. The van der Waals surface area contributed by atoms with Crippen molar-refractivity contribution in [1.82, 2.24) is 5.32 Å². The third kappa shape index (κ3) is 2.81. The van der Waals surface area contributed by atoms with E-state index in [9.17, 15) is 4.79 Å². The molecule has 0 spiro atoms. The Labute approximate surface area is 117 Å². The van der Waals surface area contributed by atoms with E-state index >= 15 is 0 Å². The molecule has 3 heteroatoms. The Kier molecular flexibility index (Phi) is 4.24. The van der Waals surface area contributed by atoms with Crippen LogP contribution in [0.5, 0.6) is 0 Å². The Morgan fingerprint density at radius 2 is 2.11 bits per heavy atom. The van der Waals surface area contributed by atoms with Crippen LogP contribution in [0.15, 0.2) is 0 Å². The summed E-state index contributed by atoms with van der Waals surface area (Å²) in [4.78, 5) is 11.3. The summed E-state index contributed by atoms with van der Waals surface area (Å²) in [5, 5.41) is 3.73. The summed E-state index contributed by atoms with van der Waals surface area (Å²) in [6, 6.07) is 0.598. The molecule has 2 fully saturated rings. The fraction of sp³-hybridized carbons (Fsp3) is 0.938. The second-order valence-corrected chi connectivity index (χ2v) is 7.21. The summed E-state index contributed by atoms with van der Waals surface area (Å²) in [5.74, 6) is 0.808. The number of esters is 1. The summed E-state index contributed by atoms with van der Waals surface area (Å²) in [6.07, 6.45) is 5.54. The summed E-state index contributed by atoms with van der Waals surface area (Å²) in [7, 11) is 0. The van der Waals surface area contributed by atoms with Crippen LogP contribution in [0, 0.1) is 16.7 Å². The Bertz CT molecular complexity index is 335. The minimum atomic E-state index is -0.0669. The van der Waals surface area contributed by atoms with Gasteiger partial charge in [0.15, 0.2) is 0 Å². The largest absolute Gasteiger partial charge is 0.466 e. The maximum absolute atomic E-state index is 11.3. The van der Waals surface area contributed by atoms with Crippen LogP contribution in [-0.4, -0.2) is 25.2 Å². The van der Waals surface area contributed by atoms with Gasteiger partial charge in [-0.15, -0.1) is 0 Å². The molecule has 0 radical (unpaired) electrons. The minimum Gasteiger partial charge on any atom is -0.466 e. The van der Waals surface area contributed by atoms with Gasteiger partial charge in [-0.25, -0.2) is 0 Å². The predicted molar refractivity (Wildman–Crippen MR) is 76.9 cm³/mol. The third-order valence-corrected chi connectivity index (χ3v) is 5.48. The van der Waals surface area contributed by atoms with Crippen LogP contribution in [0.4, 0.5) is 0 Å². The van der Waals surface area contributed by atoms with E-state index in [-0.39, 0.29) is 5.97 Å². The highest BCUT2D eigenvalue weighted by Gasteiger charge is 2.58. The van der Waals surface area contributed by atoms with Gasteiger partial charge >= 0.3 is 5.97 Å². The molecule has 2 rings (SSSR count). The van der Waals surface area contributed by atoms with Crippen molar-refractivity contribution in [3.05, 3.63) is 0 Å². The highest BCUT2D eigenvalue weighted by atomic mass is 16.5. The molecule has 0 saturated heterocycles. The van der Waals surface area contributed by atoms with Crippen molar-refractivity contribution < 1.29 is 9.53 Å². The predicted octanol–water partition coefficient (Wildman–Crippen LogP) is 3.13. The number of rotatable bonds is 6. The zero-order valence-electron chi connectivity index (χ0n) is 12.9. The third-order valence-electron chi connectivity index (χ3n) is 5.48. The highest BCUT2D eigenvalue weighted by Crippen LogP contribution is 2.62. The fourth-order valence-corrected chi connectivity index (χ4v) is 4.52. The number of carbonyl (C=O) groups excluding carboxylic acids is 1. The molecular formula is C16H29NO2. The molecule has 3 nitrogen and oxygen atoms in total. The Morgan fingerprint density at radius 1 is 1.37 bits per heavy atom. The van der Waals surface area contributed by atoms with Crippen LogP contribution in [0.2, 0.25) is 0 Å². The van der Waals surface area contributed by atoms with Crippen molar-refractivity contribution in [3.63, 3.8) is 0 Å². The van der Waals surface area contributed by atoms with Gasteiger partial charge in [0.2, 0.25) is 0 Å². The van der Waals surface area contributed by atoms with Gasteiger partial charge in [-0.3, -0.25) is 4.79 Å². The lowest BCUT2D eigenvalue weighted by Crippen LogP contribution is -2.50. The topological polar surface area (TPSA) is 38.3 Å². The number of ether oxygens (including phenoxy) is 1. The van der Waals surface area contributed by atoms with Gasteiger partial charge in [0, 0.05) is 12.5 Å². The molecule has 0 heterocycles. The molecule has 0 aromatic carbocycles. The van der Waals surface area contributed by atoms with E-state index in [0.717, 1.165) is 18.9 Å². The first-order valence-corrected chi connectivity index (χ1v) is 7.79. The zero-order chi connectivity index (χ0) is 14.1. The average Bonchev–Trinajstić information content (AvgIpc) is 2.79. The lowest BCUT2D eigenvalue weighted by Gasteiger charge is -2.43. The number of hydrogen-bond acceptors (Lipinski definition) is 3. The fourth-order valence-electron chi connectivity index (χ4n) is 4.52. The van der Waals surface area contributed by atoms with E-state index < -0.39 is 0 Å². The monoisotopic (exact) mass is 267 g/mol. The second-order valence-electron chi connectivity index (χ2n) is 7.21. The molecule has 0 aliphatic heterocycles. The second kappa shape index (κ2) is 5.43. The number of fused-ring (bicyclic) bond motifs is 2. The summed E-state index contributed by atoms with van der Waals surface area (Å²) in [5.41, 5.74) is 0.870. The molecule has 0 aromatic heterocycles. The molecule has 2 bridgehead atoms. The van der Waals surface area contributed by atoms with Crippen molar-refractivity contribution in [2.75, 3.05) is 13.2 Å². The van der Waals surface area contributed by atoms with E-state index in [4.69, 9.17) is 4.74 Å². The van der Waals surface area contributed by atoms with Gasteiger partial charge in [0.1, 0.15) is 0 Å². The van der Waals surface area contributed by atoms with E-state index in [2.05, 4.69) is 26.1 Å². The van der Waals surface area contributed by atoms with Crippen LogP contribution < -0.4 is 5.32 Å².